The number of hydrogen-bond donors (Lipinski definition) is 2. The van der Waals surface area contributed by atoms with Crippen molar-refractivity contribution < 1.29 is 132 Å². The quantitative estimate of drug-likeness (QED) is 0.0186. The summed E-state index contributed by atoms with van der Waals surface area (Å²) in [7, 11) is 0. The van der Waals surface area contributed by atoms with E-state index in [1.54, 1.807) is 0 Å². The maximum atomic E-state index is 14.4. The van der Waals surface area contributed by atoms with E-state index in [9.17, 15) is 132 Å². The molecule has 2 unspecified atom stereocenters. The molecule has 0 spiro atoms. The van der Waals surface area contributed by atoms with Crippen molar-refractivity contribution in [2.45, 2.75) is 154 Å². The van der Waals surface area contributed by atoms with Crippen molar-refractivity contribution in [2.24, 2.45) is 0 Å². The molecule has 1 fully saturated rings. The second-order valence-corrected chi connectivity index (χ2v) is 21.8. The van der Waals surface area contributed by atoms with Gasteiger partial charge in [0, 0.05) is 51.5 Å². The van der Waals surface area contributed by atoms with Crippen molar-refractivity contribution in [1.29, 1.82) is 0 Å². The molecule has 34 heteroatoms. The zero-order valence-electron chi connectivity index (χ0n) is 49.5. The van der Waals surface area contributed by atoms with Gasteiger partial charge in [-0.05, 0) is 12.8 Å². The third-order valence-corrected chi connectivity index (χ3v) is 15.6. The first-order valence-electron chi connectivity index (χ1n) is 29.3. The van der Waals surface area contributed by atoms with Gasteiger partial charge in [-0.2, -0.15) is 0 Å². The molecule has 1 heterocycles. The van der Waals surface area contributed by atoms with Crippen molar-refractivity contribution in [2.75, 3.05) is 6.67 Å². The summed E-state index contributed by atoms with van der Waals surface area (Å²) in [6, 6.07) is 1.48. The van der Waals surface area contributed by atoms with Crippen molar-refractivity contribution in [3.8, 4) is 0 Å². The standard InChI is InChI=1S/C25H52N2.2C18BF15/c1-3-5-7-9-11-13-15-17-19-21-24-25(27-23-26-24)22-20-18-16-14-12-10-8-6-4-2;2*20-4-1(5(21)11(27)16(32)10(4)26)19(2-6(22)12(28)17(33)13(29)7(2)23)3-8(24)14(30)18(34)15(31)9(3)25/h24-27H,3-23H2,1-2H3;;. The van der Waals surface area contributed by atoms with Crippen molar-refractivity contribution in [1.82, 2.24) is 10.6 Å². The Bertz CT molecular complexity index is 2980. The Morgan fingerprint density at radius 1 is 0.200 bits per heavy atom. The number of halogens is 30. The Hall–Kier alpha value is -6.73. The van der Waals surface area contributed by atoms with Gasteiger partial charge >= 0.3 is 0 Å². The predicted molar refractivity (Wildman–Crippen MR) is 289 cm³/mol. The second-order valence-electron chi connectivity index (χ2n) is 21.8. The van der Waals surface area contributed by atoms with Gasteiger partial charge < -0.3 is 10.6 Å². The molecule has 2 atom stereocenters. The molecule has 1 aliphatic heterocycles. The van der Waals surface area contributed by atoms with Crippen LogP contribution in [0, 0.1) is 175 Å². The molecule has 6 aromatic rings. The third kappa shape index (κ3) is 17.0. The Balaban J connectivity index is 0.000000260. The molecule has 0 aromatic heterocycles. The molecule has 0 bridgehead atoms. The van der Waals surface area contributed by atoms with Gasteiger partial charge in [-0.1, -0.05) is 129 Å². The minimum atomic E-state index is -3.96. The van der Waals surface area contributed by atoms with Crippen LogP contribution < -0.4 is 43.4 Å². The molecule has 522 valence electrons. The van der Waals surface area contributed by atoms with Gasteiger partial charge in [0.15, 0.2) is 175 Å². The van der Waals surface area contributed by atoms with Crippen LogP contribution >= 0.6 is 0 Å². The number of benzene rings is 6. The number of nitrogens with one attached hydrogen (secondary N) is 2. The largest absolute Gasteiger partial charge is 0.300 e. The normalized spacial score (nSPS) is 13.8. The van der Waals surface area contributed by atoms with Crippen LogP contribution in [-0.4, -0.2) is 32.2 Å². The molecule has 1 aliphatic rings. The van der Waals surface area contributed by atoms with Crippen LogP contribution in [-0.2, 0) is 0 Å². The van der Waals surface area contributed by atoms with Gasteiger partial charge in [-0.25, -0.2) is 132 Å². The summed E-state index contributed by atoms with van der Waals surface area (Å²) in [5.74, 6) is -90.4. The first-order chi connectivity index (χ1) is 44.7. The summed E-state index contributed by atoms with van der Waals surface area (Å²) in [5, 5.41) is 7.40. The fourth-order valence-corrected chi connectivity index (χ4v) is 10.7. The summed E-state index contributed by atoms with van der Waals surface area (Å²) in [6.45, 7) is -2.29. The number of rotatable bonds is 26. The first-order valence-corrected chi connectivity index (χ1v) is 29.3. The van der Waals surface area contributed by atoms with Gasteiger partial charge in [0.2, 0.25) is 0 Å². The zero-order valence-corrected chi connectivity index (χ0v) is 49.5. The minimum absolute atomic E-state index is 0.739. The SMILES string of the molecule is CCCCCCCCCCCC1NCNC1CCCCCCCCCCC.Fc1c(F)c(F)c(B(c2c(F)c(F)c(F)c(F)c2F)c2c(F)c(F)c(F)c(F)c2F)c(F)c1F.Fc1c(F)c(F)c(B(c2c(F)c(F)c(F)c(F)c2F)c2c(F)c(F)c(F)c(F)c2F)c(F)c1F. The Morgan fingerprint density at radius 2 is 0.326 bits per heavy atom. The molecule has 0 saturated carbocycles. The smallest absolute Gasteiger partial charge is 0.265 e. The van der Waals surface area contributed by atoms with Crippen LogP contribution in [0.1, 0.15) is 142 Å². The molecule has 95 heavy (non-hydrogen) atoms. The number of unbranched alkanes of at least 4 members (excludes halogenated alkanes) is 16. The fraction of sp³-hybridized carbons (Fsp3) is 0.410. The Labute approximate surface area is 523 Å². The molecular formula is C61H52B2F30N2. The lowest BCUT2D eigenvalue weighted by molar-refractivity contribution is 0.380. The van der Waals surface area contributed by atoms with Crippen molar-refractivity contribution in [3.63, 3.8) is 0 Å². The highest BCUT2D eigenvalue weighted by molar-refractivity contribution is 6.96. The fourth-order valence-electron chi connectivity index (χ4n) is 10.7. The molecule has 2 nitrogen and oxygen atoms in total. The monoisotopic (exact) mass is 1400 g/mol. The van der Waals surface area contributed by atoms with E-state index in [1.165, 1.54) is 128 Å². The maximum absolute atomic E-state index is 14.4. The lowest BCUT2D eigenvalue weighted by atomic mass is 9.36. The van der Waals surface area contributed by atoms with Crippen molar-refractivity contribution in [3.05, 3.63) is 175 Å². The summed E-state index contributed by atoms with van der Waals surface area (Å²) in [5.41, 5.74) is -16.1. The molecule has 0 aliphatic carbocycles. The van der Waals surface area contributed by atoms with Gasteiger partial charge in [0.05, 0.1) is 0 Å². The van der Waals surface area contributed by atoms with Crippen LogP contribution in [0.15, 0.2) is 0 Å². The summed E-state index contributed by atoms with van der Waals surface area (Å²) >= 11 is 0. The maximum Gasteiger partial charge on any atom is 0.265 e. The predicted octanol–water partition coefficient (Wildman–Crippen LogP) is 16.3. The zero-order chi connectivity index (χ0) is 71.4. The minimum Gasteiger partial charge on any atom is -0.300 e. The van der Waals surface area contributed by atoms with E-state index in [2.05, 4.69) is 24.5 Å². The van der Waals surface area contributed by atoms with Gasteiger partial charge in [0.1, 0.15) is 0 Å². The van der Waals surface area contributed by atoms with Crippen molar-refractivity contribution >= 4 is 46.2 Å². The molecule has 6 aromatic carbocycles. The lowest BCUT2D eigenvalue weighted by Gasteiger charge is -2.21. The van der Waals surface area contributed by atoms with E-state index in [1.807, 2.05) is 0 Å². The molecule has 2 N–H and O–H groups in total. The number of hydrogen-bond acceptors (Lipinski definition) is 2. The highest BCUT2D eigenvalue weighted by atomic mass is 19.2. The highest BCUT2D eigenvalue weighted by Crippen LogP contribution is 2.28. The van der Waals surface area contributed by atoms with Gasteiger partial charge in [-0.15, -0.1) is 0 Å². The molecule has 0 radical (unpaired) electrons. The van der Waals surface area contributed by atoms with Crippen LogP contribution in [0.2, 0.25) is 0 Å². The van der Waals surface area contributed by atoms with E-state index in [0.29, 0.717) is 0 Å². The van der Waals surface area contributed by atoms with Gasteiger partial charge in [0.25, 0.3) is 13.4 Å². The molecule has 1 saturated heterocycles. The molecule has 7 rings (SSSR count). The first kappa shape index (κ1) is 79.0. The summed E-state index contributed by atoms with van der Waals surface area (Å²) < 4.78 is 417. The van der Waals surface area contributed by atoms with E-state index >= 15 is 0 Å². The molecule has 0 amide bonds. The summed E-state index contributed by atoms with van der Waals surface area (Å²) in [4.78, 5) is 0. The van der Waals surface area contributed by atoms with Crippen LogP contribution in [0.3, 0.4) is 0 Å². The highest BCUT2D eigenvalue weighted by Gasteiger charge is 2.47. The Kier molecular flexibility index (Phi) is 29.1. The third-order valence-electron chi connectivity index (χ3n) is 15.6. The Morgan fingerprint density at radius 3 is 0.474 bits per heavy atom. The lowest BCUT2D eigenvalue weighted by Crippen LogP contribution is -2.60. The van der Waals surface area contributed by atoms with Gasteiger partial charge in [-0.3, -0.25) is 0 Å². The summed E-state index contributed by atoms with van der Waals surface area (Å²) in [6.07, 6.45) is 28.7. The molecular weight excluding hydrogens is 1350 g/mol. The van der Waals surface area contributed by atoms with E-state index in [-0.39, 0.29) is 0 Å². The van der Waals surface area contributed by atoms with Crippen LogP contribution in [0.5, 0.6) is 0 Å². The van der Waals surface area contributed by atoms with Crippen LogP contribution in [0.4, 0.5) is 132 Å². The average Bonchev–Trinajstić information content (AvgIpc) is 0.756. The topological polar surface area (TPSA) is 24.1 Å². The van der Waals surface area contributed by atoms with E-state index < -0.39 is 221 Å². The van der Waals surface area contributed by atoms with E-state index in [0.717, 1.165) is 18.8 Å². The van der Waals surface area contributed by atoms with Crippen LogP contribution in [0.25, 0.3) is 0 Å². The van der Waals surface area contributed by atoms with E-state index in [4.69, 9.17) is 0 Å². The average molecular weight is 1400 g/mol. The second kappa shape index (κ2) is 35.0.